The SMILES string of the molecule is CCCN(Cc1cc(C)ccc1OC)C1CNC1. The lowest BCUT2D eigenvalue weighted by Crippen LogP contribution is -2.57. The summed E-state index contributed by atoms with van der Waals surface area (Å²) >= 11 is 0. The van der Waals surface area contributed by atoms with Crippen LogP contribution in [-0.4, -0.2) is 37.7 Å². The van der Waals surface area contributed by atoms with Crippen LogP contribution in [0.1, 0.15) is 24.5 Å². The normalized spacial score (nSPS) is 15.8. The van der Waals surface area contributed by atoms with Gasteiger partial charge < -0.3 is 10.1 Å². The van der Waals surface area contributed by atoms with Crippen LogP contribution in [-0.2, 0) is 6.54 Å². The van der Waals surface area contributed by atoms with Crippen LogP contribution in [0.4, 0.5) is 0 Å². The fourth-order valence-corrected chi connectivity index (χ4v) is 2.46. The van der Waals surface area contributed by atoms with Gasteiger partial charge in [0.25, 0.3) is 0 Å². The highest BCUT2D eigenvalue weighted by Crippen LogP contribution is 2.23. The topological polar surface area (TPSA) is 24.5 Å². The van der Waals surface area contributed by atoms with Gasteiger partial charge in [-0.05, 0) is 26.0 Å². The first-order valence-corrected chi connectivity index (χ1v) is 6.83. The predicted molar refractivity (Wildman–Crippen MR) is 75.1 cm³/mol. The molecule has 1 aromatic rings. The lowest BCUT2D eigenvalue weighted by Gasteiger charge is -2.38. The van der Waals surface area contributed by atoms with Crippen LogP contribution in [0.2, 0.25) is 0 Å². The Labute approximate surface area is 110 Å². The summed E-state index contributed by atoms with van der Waals surface area (Å²) in [4.78, 5) is 2.56. The van der Waals surface area contributed by atoms with Crippen LogP contribution in [0.3, 0.4) is 0 Å². The van der Waals surface area contributed by atoms with Crippen LogP contribution in [0, 0.1) is 6.92 Å². The number of ether oxygens (including phenoxy) is 1. The Balaban J connectivity index is 2.11. The van der Waals surface area contributed by atoms with E-state index in [9.17, 15) is 0 Å². The molecule has 18 heavy (non-hydrogen) atoms. The van der Waals surface area contributed by atoms with Gasteiger partial charge in [0.2, 0.25) is 0 Å². The minimum absolute atomic E-state index is 0.690. The number of rotatable bonds is 6. The Bertz CT molecular complexity index is 388. The molecular formula is C15H24N2O. The fraction of sp³-hybridized carbons (Fsp3) is 0.600. The van der Waals surface area contributed by atoms with E-state index < -0.39 is 0 Å². The van der Waals surface area contributed by atoms with Crippen molar-refractivity contribution in [1.82, 2.24) is 10.2 Å². The Morgan fingerprint density at radius 2 is 2.17 bits per heavy atom. The third-order valence-corrected chi connectivity index (χ3v) is 3.60. The third kappa shape index (κ3) is 3.03. The Hall–Kier alpha value is -1.06. The molecule has 1 fully saturated rings. The van der Waals surface area contributed by atoms with Crippen molar-refractivity contribution < 1.29 is 4.74 Å². The van der Waals surface area contributed by atoms with Crippen molar-refractivity contribution in [2.45, 2.75) is 32.9 Å². The maximum Gasteiger partial charge on any atom is 0.123 e. The second-order valence-corrected chi connectivity index (χ2v) is 5.10. The van der Waals surface area contributed by atoms with Gasteiger partial charge in [-0.1, -0.05) is 24.6 Å². The van der Waals surface area contributed by atoms with E-state index in [-0.39, 0.29) is 0 Å². The summed E-state index contributed by atoms with van der Waals surface area (Å²) in [6.07, 6.45) is 1.20. The number of nitrogens with one attached hydrogen (secondary N) is 1. The van der Waals surface area contributed by atoms with Crippen LogP contribution in [0.5, 0.6) is 5.75 Å². The van der Waals surface area contributed by atoms with Gasteiger partial charge in [0.15, 0.2) is 0 Å². The highest BCUT2D eigenvalue weighted by molar-refractivity contribution is 5.36. The number of methoxy groups -OCH3 is 1. The number of nitrogens with zero attached hydrogens (tertiary/aromatic N) is 1. The zero-order valence-electron chi connectivity index (χ0n) is 11.7. The highest BCUT2D eigenvalue weighted by Gasteiger charge is 2.24. The van der Waals surface area contributed by atoms with Crippen molar-refractivity contribution in [3.05, 3.63) is 29.3 Å². The number of hydrogen-bond donors (Lipinski definition) is 1. The molecule has 0 bridgehead atoms. The molecule has 0 amide bonds. The molecule has 1 aromatic carbocycles. The molecule has 2 rings (SSSR count). The molecule has 0 radical (unpaired) electrons. The Kier molecular flexibility index (Phi) is 4.61. The summed E-state index contributed by atoms with van der Waals surface area (Å²) in [6, 6.07) is 7.12. The van der Waals surface area contributed by atoms with Gasteiger partial charge in [-0.3, -0.25) is 4.90 Å². The lowest BCUT2D eigenvalue weighted by molar-refractivity contribution is 0.136. The molecular weight excluding hydrogens is 224 g/mol. The molecule has 0 unspecified atom stereocenters. The first-order valence-electron chi connectivity index (χ1n) is 6.83. The second-order valence-electron chi connectivity index (χ2n) is 5.10. The van der Waals surface area contributed by atoms with Crippen LogP contribution < -0.4 is 10.1 Å². The van der Waals surface area contributed by atoms with Gasteiger partial charge in [0.05, 0.1) is 7.11 Å². The van der Waals surface area contributed by atoms with E-state index in [0.717, 1.165) is 31.9 Å². The van der Waals surface area contributed by atoms with Crippen LogP contribution in [0.25, 0.3) is 0 Å². The standard InChI is InChI=1S/C15H24N2O/c1-4-7-17(14-9-16-10-14)11-13-8-12(2)5-6-15(13)18-3/h5-6,8,14,16H,4,7,9-11H2,1-3H3. The molecule has 1 heterocycles. The quantitative estimate of drug-likeness (QED) is 0.835. The van der Waals surface area contributed by atoms with E-state index in [1.54, 1.807) is 7.11 Å². The molecule has 0 spiro atoms. The summed E-state index contributed by atoms with van der Waals surface area (Å²) in [5, 5.41) is 3.35. The van der Waals surface area contributed by atoms with E-state index in [1.807, 2.05) is 0 Å². The van der Waals surface area contributed by atoms with Gasteiger partial charge in [-0.15, -0.1) is 0 Å². The summed E-state index contributed by atoms with van der Waals surface area (Å²) < 4.78 is 5.47. The van der Waals surface area contributed by atoms with E-state index >= 15 is 0 Å². The molecule has 1 aliphatic heterocycles. The molecule has 0 aromatic heterocycles. The van der Waals surface area contributed by atoms with Gasteiger partial charge in [0.1, 0.15) is 5.75 Å². The monoisotopic (exact) mass is 248 g/mol. The molecule has 3 nitrogen and oxygen atoms in total. The minimum Gasteiger partial charge on any atom is -0.496 e. The average molecular weight is 248 g/mol. The van der Waals surface area contributed by atoms with E-state index in [1.165, 1.54) is 17.5 Å². The maximum atomic E-state index is 5.47. The fourth-order valence-electron chi connectivity index (χ4n) is 2.46. The van der Waals surface area contributed by atoms with Crippen molar-refractivity contribution in [2.24, 2.45) is 0 Å². The first-order chi connectivity index (χ1) is 8.74. The molecule has 0 atom stereocenters. The summed E-state index contributed by atoms with van der Waals surface area (Å²) in [5.41, 5.74) is 2.60. The Morgan fingerprint density at radius 3 is 2.72 bits per heavy atom. The highest BCUT2D eigenvalue weighted by atomic mass is 16.5. The third-order valence-electron chi connectivity index (χ3n) is 3.60. The number of hydrogen-bond acceptors (Lipinski definition) is 3. The van der Waals surface area contributed by atoms with Crippen molar-refractivity contribution in [1.29, 1.82) is 0 Å². The number of aryl methyl sites for hydroxylation is 1. The van der Waals surface area contributed by atoms with Crippen LogP contribution in [0.15, 0.2) is 18.2 Å². The first kappa shape index (κ1) is 13.4. The molecule has 100 valence electrons. The van der Waals surface area contributed by atoms with Crippen molar-refractivity contribution in [2.75, 3.05) is 26.7 Å². The zero-order valence-corrected chi connectivity index (χ0v) is 11.7. The smallest absolute Gasteiger partial charge is 0.123 e. The van der Waals surface area contributed by atoms with E-state index in [2.05, 4.69) is 42.3 Å². The predicted octanol–water partition coefficient (Wildman–Crippen LogP) is 2.19. The van der Waals surface area contributed by atoms with Crippen LogP contribution >= 0.6 is 0 Å². The molecule has 1 N–H and O–H groups in total. The summed E-state index contributed by atoms with van der Waals surface area (Å²) in [7, 11) is 1.75. The molecule has 0 saturated carbocycles. The molecule has 3 heteroatoms. The summed E-state index contributed by atoms with van der Waals surface area (Å²) in [6.45, 7) is 8.77. The number of benzene rings is 1. The van der Waals surface area contributed by atoms with Gasteiger partial charge >= 0.3 is 0 Å². The molecule has 1 saturated heterocycles. The van der Waals surface area contributed by atoms with E-state index in [4.69, 9.17) is 4.74 Å². The van der Waals surface area contributed by atoms with Gasteiger partial charge in [-0.25, -0.2) is 0 Å². The Morgan fingerprint density at radius 1 is 1.39 bits per heavy atom. The summed E-state index contributed by atoms with van der Waals surface area (Å²) in [5.74, 6) is 1.01. The average Bonchev–Trinajstić information content (AvgIpc) is 2.27. The van der Waals surface area contributed by atoms with Crippen molar-refractivity contribution in [3.8, 4) is 5.75 Å². The lowest BCUT2D eigenvalue weighted by atomic mass is 10.1. The van der Waals surface area contributed by atoms with Gasteiger partial charge in [-0.2, -0.15) is 0 Å². The minimum atomic E-state index is 0.690. The van der Waals surface area contributed by atoms with Gasteiger partial charge in [0, 0.05) is 31.2 Å². The molecule has 0 aliphatic carbocycles. The van der Waals surface area contributed by atoms with Crippen molar-refractivity contribution in [3.63, 3.8) is 0 Å². The molecule has 1 aliphatic rings. The second kappa shape index (κ2) is 6.21. The van der Waals surface area contributed by atoms with Crippen molar-refractivity contribution >= 4 is 0 Å². The maximum absolute atomic E-state index is 5.47. The largest absolute Gasteiger partial charge is 0.496 e. The zero-order chi connectivity index (χ0) is 13.0. The van der Waals surface area contributed by atoms with E-state index in [0.29, 0.717) is 6.04 Å².